The smallest absolute Gasteiger partial charge is 0.0543 e. The van der Waals surface area contributed by atoms with Crippen molar-refractivity contribution < 1.29 is 0 Å². The zero-order chi connectivity index (χ0) is 34.5. The van der Waals surface area contributed by atoms with Crippen molar-refractivity contribution >= 4 is 49.8 Å². The zero-order valence-electron chi connectivity index (χ0n) is 28.5. The fourth-order valence-electron chi connectivity index (χ4n) is 6.50. The molecule has 0 aromatic heterocycles. The van der Waals surface area contributed by atoms with Crippen molar-refractivity contribution in [2.45, 2.75) is 13.8 Å². The molecule has 50 heavy (non-hydrogen) atoms. The Morgan fingerprint density at radius 1 is 0.540 bits per heavy atom. The topological polar surface area (TPSA) is 38.0 Å². The third-order valence-corrected chi connectivity index (χ3v) is 9.30. The van der Waals surface area contributed by atoms with Crippen molar-refractivity contribution in [2.75, 3.05) is 5.32 Å². The summed E-state index contributed by atoms with van der Waals surface area (Å²) < 4.78 is 0. The van der Waals surface area contributed by atoms with Crippen LogP contribution in [-0.4, -0.2) is 0 Å². The van der Waals surface area contributed by atoms with Crippen LogP contribution in [0.3, 0.4) is 0 Å². The maximum atomic E-state index is 6.23. The Morgan fingerprint density at radius 2 is 1.20 bits per heavy atom. The van der Waals surface area contributed by atoms with Gasteiger partial charge >= 0.3 is 0 Å². The van der Waals surface area contributed by atoms with Crippen LogP contribution in [-0.2, 0) is 0 Å². The molecule has 2 nitrogen and oxygen atoms in total. The standard InChI is InChI=1S/C48H40N2/c1-4-34(37-15-12-16-38(29-37)35-13-8-6-9-14-35)20-19-33(3)45-27-26-41-30-40(25-28-46(41)48(45)50-44-17-10-7-11-18-44)39-23-21-36-22-24-42(47(49)5-2)32-43(36)31-39/h4-32,50H,3,49H2,1-2H3/b20-19-,34-4?,47-5-. The predicted molar refractivity (Wildman–Crippen MR) is 218 cm³/mol. The molecule has 7 rings (SSSR count). The quantitative estimate of drug-likeness (QED) is 0.153. The number of anilines is 2. The highest BCUT2D eigenvalue weighted by atomic mass is 14.9. The van der Waals surface area contributed by atoms with E-state index in [9.17, 15) is 0 Å². The molecule has 0 aliphatic carbocycles. The minimum Gasteiger partial charge on any atom is -0.399 e. The van der Waals surface area contributed by atoms with E-state index < -0.39 is 0 Å². The fourth-order valence-corrected chi connectivity index (χ4v) is 6.50. The van der Waals surface area contributed by atoms with E-state index >= 15 is 0 Å². The molecule has 0 saturated heterocycles. The second kappa shape index (κ2) is 14.4. The minimum atomic E-state index is 0.785. The van der Waals surface area contributed by atoms with Crippen LogP contribution in [0.25, 0.3) is 60.6 Å². The van der Waals surface area contributed by atoms with Gasteiger partial charge in [-0.05, 0) is 111 Å². The molecule has 0 atom stereocenters. The second-order valence-electron chi connectivity index (χ2n) is 12.5. The Bertz CT molecular complexity index is 2430. The Labute approximate surface area is 295 Å². The summed E-state index contributed by atoms with van der Waals surface area (Å²) in [5.74, 6) is 0. The monoisotopic (exact) mass is 644 g/mol. The lowest BCUT2D eigenvalue weighted by atomic mass is 9.94. The number of rotatable bonds is 9. The lowest BCUT2D eigenvalue weighted by molar-refractivity contribution is 1.51. The molecule has 0 radical (unpaired) electrons. The summed E-state index contributed by atoms with van der Waals surface area (Å²) >= 11 is 0. The summed E-state index contributed by atoms with van der Waals surface area (Å²) in [6, 6.07) is 53.6. The van der Waals surface area contributed by atoms with Crippen LogP contribution < -0.4 is 11.1 Å². The summed E-state index contributed by atoms with van der Waals surface area (Å²) in [4.78, 5) is 0. The summed E-state index contributed by atoms with van der Waals surface area (Å²) in [7, 11) is 0. The number of hydrogen-bond acceptors (Lipinski definition) is 2. The predicted octanol–water partition coefficient (Wildman–Crippen LogP) is 13.1. The van der Waals surface area contributed by atoms with Crippen LogP contribution in [0.1, 0.15) is 30.5 Å². The number of fused-ring (bicyclic) bond motifs is 2. The van der Waals surface area contributed by atoms with Gasteiger partial charge < -0.3 is 11.1 Å². The van der Waals surface area contributed by atoms with E-state index in [0.29, 0.717) is 0 Å². The molecule has 0 amide bonds. The van der Waals surface area contributed by atoms with Gasteiger partial charge in [-0.1, -0.05) is 146 Å². The summed E-state index contributed by atoms with van der Waals surface area (Å²) in [5.41, 5.74) is 19.1. The molecule has 2 heteroatoms. The zero-order valence-corrected chi connectivity index (χ0v) is 28.5. The normalized spacial score (nSPS) is 12.1. The van der Waals surface area contributed by atoms with E-state index in [0.717, 1.165) is 55.7 Å². The van der Waals surface area contributed by atoms with E-state index in [2.05, 4.69) is 183 Å². The van der Waals surface area contributed by atoms with E-state index in [1.807, 2.05) is 19.1 Å². The first-order chi connectivity index (χ1) is 24.5. The average Bonchev–Trinajstić information content (AvgIpc) is 3.18. The Morgan fingerprint density at radius 3 is 1.96 bits per heavy atom. The summed E-state index contributed by atoms with van der Waals surface area (Å²) in [6.07, 6.45) is 8.39. The maximum absolute atomic E-state index is 6.23. The van der Waals surface area contributed by atoms with Crippen molar-refractivity contribution in [2.24, 2.45) is 5.73 Å². The van der Waals surface area contributed by atoms with Crippen LogP contribution in [0, 0.1) is 0 Å². The molecule has 0 fully saturated rings. The Hall–Kier alpha value is -6.38. The lowest BCUT2D eigenvalue weighted by Gasteiger charge is -2.17. The maximum Gasteiger partial charge on any atom is 0.0543 e. The van der Waals surface area contributed by atoms with E-state index in [-0.39, 0.29) is 0 Å². The van der Waals surface area contributed by atoms with E-state index in [4.69, 9.17) is 5.73 Å². The molecule has 0 heterocycles. The molecule has 0 aliphatic rings. The molecule has 7 aromatic carbocycles. The molecular formula is C48H40N2. The third-order valence-electron chi connectivity index (χ3n) is 9.30. The molecule has 0 saturated carbocycles. The number of nitrogens with one attached hydrogen (secondary N) is 1. The van der Waals surface area contributed by atoms with Crippen LogP contribution >= 0.6 is 0 Å². The van der Waals surface area contributed by atoms with Crippen molar-refractivity contribution in [3.63, 3.8) is 0 Å². The first-order valence-corrected chi connectivity index (χ1v) is 17.1. The van der Waals surface area contributed by atoms with Gasteiger partial charge in [-0.15, -0.1) is 0 Å². The summed E-state index contributed by atoms with van der Waals surface area (Å²) in [5, 5.41) is 8.38. The first-order valence-electron chi connectivity index (χ1n) is 17.1. The van der Waals surface area contributed by atoms with Gasteiger partial charge in [0.05, 0.1) is 5.69 Å². The van der Waals surface area contributed by atoms with Gasteiger partial charge in [0.1, 0.15) is 0 Å². The van der Waals surface area contributed by atoms with Gasteiger partial charge in [0.2, 0.25) is 0 Å². The molecule has 0 spiro atoms. The van der Waals surface area contributed by atoms with Gasteiger partial charge in [-0.2, -0.15) is 0 Å². The molecule has 0 aliphatic heterocycles. The highest BCUT2D eigenvalue weighted by molar-refractivity contribution is 6.04. The van der Waals surface area contributed by atoms with Gasteiger partial charge in [-0.3, -0.25) is 0 Å². The highest BCUT2D eigenvalue weighted by Crippen LogP contribution is 2.37. The summed E-state index contributed by atoms with van der Waals surface area (Å²) in [6.45, 7) is 8.60. The first kappa shape index (κ1) is 32.2. The number of hydrogen-bond donors (Lipinski definition) is 2. The Balaban J connectivity index is 1.24. The molecule has 242 valence electrons. The van der Waals surface area contributed by atoms with Crippen molar-refractivity contribution in [1.82, 2.24) is 0 Å². The lowest BCUT2D eigenvalue weighted by Crippen LogP contribution is -1.97. The molecule has 3 N–H and O–H groups in total. The van der Waals surface area contributed by atoms with Gasteiger partial charge in [0, 0.05) is 22.3 Å². The van der Waals surface area contributed by atoms with Crippen molar-refractivity contribution in [3.8, 4) is 22.3 Å². The van der Waals surface area contributed by atoms with Crippen LogP contribution in [0.4, 0.5) is 11.4 Å². The molecule has 0 bridgehead atoms. The molecule has 0 unspecified atom stereocenters. The molecule has 7 aromatic rings. The number of nitrogens with two attached hydrogens (primary N) is 1. The fraction of sp³-hybridized carbons (Fsp3) is 0.0417. The third kappa shape index (κ3) is 6.78. The van der Waals surface area contributed by atoms with Gasteiger partial charge in [0.15, 0.2) is 0 Å². The van der Waals surface area contributed by atoms with Crippen molar-refractivity contribution in [3.05, 3.63) is 199 Å². The second-order valence-corrected chi connectivity index (χ2v) is 12.5. The number of para-hydroxylation sites is 1. The van der Waals surface area contributed by atoms with Crippen LogP contribution in [0.5, 0.6) is 0 Å². The number of allylic oxidation sites excluding steroid dienone is 6. The van der Waals surface area contributed by atoms with Crippen LogP contribution in [0.15, 0.2) is 183 Å². The average molecular weight is 645 g/mol. The minimum absolute atomic E-state index is 0.785. The van der Waals surface area contributed by atoms with Gasteiger partial charge in [-0.25, -0.2) is 0 Å². The molecular weight excluding hydrogens is 605 g/mol. The SMILES string of the molecule is C=C(/C=C\C(=CC)c1cccc(-c2ccccc2)c1)c1ccc2cc(-c3ccc4ccc(/C(N)=C/C)cc4c3)ccc2c1Nc1ccccc1. The number of benzene rings is 7. The van der Waals surface area contributed by atoms with E-state index in [1.165, 1.54) is 33.0 Å². The van der Waals surface area contributed by atoms with Crippen molar-refractivity contribution in [1.29, 1.82) is 0 Å². The largest absolute Gasteiger partial charge is 0.399 e. The Kier molecular flexibility index (Phi) is 9.26. The van der Waals surface area contributed by atoms with E-state index in [1.54, 1.807) is 0 Å². The van der Waals surface area contributed by atoms with Gasteiger partial charge in [0.25, 0.3) is 0 Å². The highest BCUT2D eigenvalue weighted by Gasteiger charge is 2.12. The van der Waals surface area contributed by atoms with Crippen LogP contribution in [0.2, 0.25) is 0 Å².